The first-order chi connectivity index (χ1) is 14.8. The van der Waals surface area contributed by atoms with Crippen LogP contribution in [0.25, 0.3) is 11.4 Å². The molecule has 1 N–H and O–H groups in total. The topological polar surface area (TPSA) is 63.1 Å². The van der Waals surface area contributed by atoms with Gasteiger partial charge in [-0.25, -0.2) is 0 Å². The number of hydrogen-bond donors (Lipinski definition) is 1. The van der Waals surface area contributed by atoms with Crippen LogP contribution in [0.2, 0.25) is 0 Å². The standard InChI is InChI=1S/C22H22F3N5O/c1-29-15-26-28-19(29)17-8-5-9-18(12-17)27-20(31)21(22(23,24)25)10-11-30(14-21)13-16-6-3-2-4-7-16/h2-9,12,15H,10-11,13-14H2,1H3,(H,27,31). The number of benzene rings is 2. The summed E-state index contributed by atoms with van der Waals surface area (Å²) >= 11 is 0. The minimum Gasteiger partial charge on any atom is -0.325 e. The summed E-state index contributed by atoms with van der Waals surface area (Å²) in [5.41, 5.74) is -0.605. The molecule has 162 valence electrons. The van der Waals surface area contributed by atoms with Crippen molar-refractivity contribution in [3.05, 3.63) is 66.5 Å². The molecule has 1 aliphatic heterocycles. The highest BCUT2D eigenvalue weighted by atomic mass is 19.4. The molecule has 2 heterocycles. The number of carbonyl (C=O) groups excluding carboxylic acids is 1. The zero-order valence-electron chi connectivity index (χ0n) is 16.9. The van der Waals surface area contributed by atoms with Crippen LogP contribution in [-0.4, -0.2) is 44.8 Å². The summed E-state index contributed by atoms with van der Waals surface area (Å²) in [6, 6.07) is 15.9. The quantitative estimate of drug-likeness (QED) is 0.669. The van der Waals surface area contributed by atoms with Crippen LogP contribution in [0.4, 0.5) is 18.9 Å². The van der Waals surface area contributed by atoms with Crippen LogP contribution in [0.5, 0.6) is 0 Å². The summed E-state index contributed by atoms with van der Waals surface area (Å²) in [6.07, 6.45) is -3.42. The van der Waals surface area contributed by atoms with E-state index in [1.54, 1.807) is 40.8 Å². The highest BCUT2D eigenvalue weighted by Crippen LogP contribution is 2.46. The number of amides is 1. The van der Waals surface area contributed by atoms with Gasteiger partial charge in [0.25, 0.3) is 0 Å². The number of hydrogen-bond acceptors (Lipinski definition) is 4. The Labute approximate surface area is 177 Å². The van der Waals surface area contributed by atoms with Crippen molar-refractivity contribution >= 4 is 11.6 Å². The van der Waals surface area contributed by atoms with Crippen LogP contribution in [0.15, 0.2) is 60.9 Å². The molecule has 1 atom stereocenters. The van der Waals surface area contributed by atoms with Crippen molar-refractivity contribution in [2.45, 2.75) is 19.1 Å². The van der Waals surface area contributed by atoms with Crippen molar-refractivity contribution in [2.24, 2.45) is 12.5 Å². The van der Waals surface area contributed by atoms with E-state index in [9.17, 15) is 18.0 Å². The second-order valence-electron chi connectivity index (χ2n) is 7.83. The lowest BCUT2D eigenvalue weighted by molar-refractivity contribution is -0.215. The molecule has 0 spiro atoms. The van der Waals surface area contributed by atoms with Crippen LogP contribution in [0, 0.1) is 5.41 Å². The third-order valence-electron chi connectivity index (χ3n) is 5.66. The van der Waals surface area contributed by atoms with Gasteiger partial charge in [-0.2, -0.15) is 13.2 Å². The molecule has 9 heteroatoms. The van der Waals surface area contributed by atoms with E-state index in [0.29, 0.717) is 17.9 Å². The van der Waals surface area contributed by atoms with Crippen LogP contribution in [0.3, 0.4) is 0 Å². The molecule has 1 amide bonds. The Morgan fingerprint density at radius 2 is 1.94 bits per heavy atom. The fraction of sp³-hybridized carbons (Fsp3) is 0.318. The van der Waals surface area contributed by atoms with Gasteiger partial charge in [-0.15, -0.1) is 10.2 Å². The number of anilines is 1. The predicted octanol–water partition coefficient (Wildman–Crippen LogP) is 3.88. The van der Waals surface area contributed by atoms with Crippen molar-refractivity contribution in [1.82, 2.24) is 19.7 Å². The highest BCUT2D eigenvalue weighted by molar-refractivity contribution is 5.96. The first-order valence-electron chi connectivity index (χ1n) is 9.87. The number of aromatic nitrogens is 3. The number of nitrogens with zero attached hydrogens (tertiary/aromatic N) is 4. The second-order valence-corrected chi connectivity index (χ2v) is 7.83. The molecule has 6 nitrogen and oxygen atoms in total. The van der Waals surface area contributed by atoms with Crippen LogP contribution >= 0.6 is 0 Å². The van der Waals surface area contributed by atoms with Crippen LogP contribution in [0.1, 0.15) is 12.0 Å². The van der Waals surface area contributed by atoms with Gasteiger partial charge in [0.15, 0.2) is 11.2 Å². The number of likely N-dealkylation sites (tertiary alicyclic amines) is 1. The average Bonchev–Trinajstić information content (AvgIpc) is 3.36. The molecule has 31 heavy (non-hydrogen) atoms. The van der Waals surface area contributed by atoms with E-state index in [1.807, 2.05) is 30.3 Å². The Balaban J connectivity index is 1.54. The Kier molecular flexibility index (Phi) is 5.53. The van der Waals surface area contributed by atoms with Gasteiger partial charge >= 0.3 is 6.18 Å². The average molecular weight is 429 g/mol. The van der Waals surface area contributed by atoms with E-state index in [1.165, 1.54) is 6.33 Å². The van der Waals surface area contributed by atoms with Gasteiger partial charge in [0, 0.05) is 31.4 Å². The number of halogens is 3. The minimum absolute atomic E-state index is 0.195. The predicted molar refractivity (Wildman–Crippen MR) is 110 cm³/mol. The number of rotatable bonds is 5. The molecule has 2 aromatic carbocycles. The molecule has 4 rings (SSSR count). The number of alkyl halides is 3. The van der Waals surface area contributed by atoms with Crippen molar-refractivity contribution in [2.75, 3.05) is 18.4 Å². The molecule has 1 saturated heterocycles. The third-order valence-corrected chi connectivity index (χ3v) is 5.66. The summed E-state index contributed by atoms with van der Waals surface area (Å²) in [5, 5.41) is 10.3. The first kappa shape index (κ1) is 21.0. The SMILES string of the molecule is Cn1cnnc1-c1cccc(NC(=O)C2(C(F)(F)F)CCN(Cc3ccccc3)C2)c1. The Bertz CT molecular complexity index is 1070. The minimum atomic E-state index is -4.66. The van der Waals surface area contributed by atoms with Gasteiger partial charge < -0.3 is 9.88 Å². The van der Waals surface area contributed by atoms with Gasteiger partial charge in [0.1, 0.15) is 6.33 Å². The molecular formula is C22H22F3N5O. The molecule has 0 radical (unpaired) electrons. The van der Waals surface area contributed by atoms with E-state index >= 15 is 0 Å². The number of aryl methyl sites for hydroxylation is 1. The van der Waals surface area contributed by atoms with Gasteiger partial charge in [0.2, 0.25) is 5.91 Å². The Morgan fingerprint density at radius 3 is 2.61 bits per heavy atom. The molecule has 0 aliphatic carbocycles. The molecule has 1 fully saturated rings. The van der Waals surface area contributed by atoms with E-state index < -0.39 is 17.5 Å². The first-order valence-corrected chi connectivity index (χ1v) is 9.87. The monoisotopic (exact) mass is 429 g/mol. The molecule has 0 bridgehead atoms. The van der Waals surface area contributed by atoms with Crippen molar-refractivity contribution in [3.8, 4) is 11.4 Å². The Hall–Kier alpha value is -3.20. The van der Waals surface area contributed by atoms with Crippen molar-refractivity contribution in [3.63, 3.8) is 0 Å². The molecule has 1 aromatic heterocycles. The van der Waals surface area contributed by atoms with Gasteiger partial charge in [-0.05, 0) is 30.7 Å². The number of nitrogens with one attached hydrogen (secondary N) is 1. The summed E-state index contributed by atoms with van der Waals surface area (Å²) in [6.45, 7) is 0.189. The van der Waals surface area contributed by atoms with Gasteiger partial charge in [0.05, 0.1) is 0 Å². The molecule has 0 saturated carbocycles. The van der Waals surface area contributed by atoms with Gasteiger partial charge in [-0.3, -0.25) is 9.69 Å². The lowest BCUT2D eigenvalue weighted by Crippen LogP contribution is -2.49. The molecule has 3 aromatic rings. The lowest BCUT2D eigenvalue weighted by Gasteiger charge is -2.30. The van der Waals surface area contributed by atoms with Crippen LogP contribution < -0.4 is 5.32 Å². The van der Waals surface area contributed by atoms with Crippen LogP contribution in [-0.2, 0) is 18.4 Å². The lowest BCUT2D eigenvalue weighted by atomic mass is 9.85. The fourth-order valence-corrected chi connectivity index (χ4v) is 3.94. The zero-order valence-corrected chi connectivity index (χ0v) is 16.9. The summed E-state index contributed by atoms with van der Waals surface area (Å²) < 4.78 is 44.1. The summed E-state index contributed by atoms with van der Waals surface area (Å²) in [7, 11) is 1.76. The maximum absolute atomic E-state index is 14.1. The Morgan fingerprint density at radius 1 is 1.16 bits per heavy atom. The van der Waals surface area contributed by atoms with E-state index in [0.717, 1.165) is 5.56 Å². The van der Waals surface area contributed by atoms with E-state index in [2.05, 4.69) is 15.5 Å². The highest BCUT2D eigenvalue weighted by Gasteiger charge is 2.62. The molecule has 1 aliphatic rings. The smallest absolute Gasteiger partial charge is 0.325 e. The van der Waals surface area contributed by atoms with E-state index in [-0.39, 0.29) is 25.2 Å². The normalized spacial score (nSPS) is 19.5. The van der Waals surface area contributed by atoms with Crippen molar-refractivity contribution in [1.29, 1.82) is 0 Å². The zero-order chi connectivity index (χ0) is 22.1. The third kappa shape index (κ3) is 4.18. The second kappa shape index (κ2) is 8.14. The maximum atomic E-state index is 14.1. The van der Waals surface area contributed by atoms with E-state index in [4.69, 9.17) is 0 Å². The molecular weight excluding hydrogens is 407 g/mol. The molecule has 1 unspecified atom stereocenters. The van der Waals surface area contributed by atoms with Gasteiger partial charge in [-0.1, -0.05) is 42.5 Å². The van der Waals surface area contributed by atoms with Crippen molar-refractivity contribution < 1.29 is 18.0 Å². The maximum Gasteiger partial charge on any atom is 0.404 e. The summed E-state index contributed by atoms with van der Waals surface area (Å²) in [5.74, 6) is -0.484. The fourth-order valence-electron chi connectivity index (χ4n) is 3.94. The largest absolute Gasteiger partial charge is 0.404 e. The number of carbonyl (C=O) groups is 1. The summed E-state index contributed by atoms with van der Waals surface area (Å²) in [4.78, 5) is 14.6.